The number of hydrogen-bond donors (Lipinski definition) is 1. The van der Waals surface area contributed by atoms with E-state index in [4.69, 9.17) is 30.5 Å². The van der Waals surface area contributed by atoms with E-state index in [-0.39, 0.29) is 30.8 Å². The van der Waals surface area contributed by atoms with Gasteiger partial charge < -0.3 is 24.3 Å². The van der Waals surface area contributed by atoms with E-state index in [1.54, 1.807) is 36.4 Å². The number of imide groups is 1. The second-order valence-corrected chi connectivity index (χ2v) is 10.3. The Morgan fingerprint density at radius 3 is 2.55 bits per heavy atom. The van der Waals surface area contributed by atoms with E-state index in [0.29, 0.717) is 51.4 Å². The average Bonchev–Trinajstić information content (AvgIpc) is 3.48. The topological polar surface area (TPSA) is 103 Å². The van der Waals surface area contributed by atoms with E-state index in [9.17, 15) is 14.4 Å². The van der Waals surface area contributed by atoms with Crippen LogP contribution in [0.4, 0.5) is 10.5 Å². The summed E-state index contributed by atoms with van der Waals surface area (Å²) in [6.45, 7) is 4.03. The van der Waals surface area contributed by atoms with E-state index in [0.717, 1.165) is 22.2 Å². The summed E-state index contributed by atoms with van der Waals surface area (Å²) in [6.07, 6.45) is 1.61. The van der Waals surface area contributed by atoms with E-state index >= 15 is 0 Å². The van der Waals surface area contributed by atoms with Crippen LogP contribution in [0.5, 0.6) is 23.0 Å². The lowest BCUT2D eigenvalue weighted by atomic mass is 10.1. The quantitative estimate of drug-likeness (QED) is 0.306. The van der Waals surface area contributed by atoms with Crippen molar-refractivity contribution < 1.29 is 33.3 Å². The Balaban J connectivity index is 1.27. The number of nitrogens with zero attached hydrogens (tertiary/aromatic N) is 1. The highest BCUT2D eigenvalue weighted by molar-refractivity contribution is 8.18. The maximum Gasteiger partial charge on any atom is 0.293 e. The van der Waals surface area contributed by atoms with Crippen LogP contribution in [0.1, 0.15) is 23.6 Å². The van der Waals surface area contributed by atoms with Gasteiger partial charge in [0.1, 0.15) is 0 Å². The number of benzene rings is 3. The Morgan fingerprint density at radius 2 is 1.80 bits per heavy atom. The minimum Gasteiger partial charge on any atom is -0.490 e. The van der Waals surface area contributed by atoms with Crippen molar-refractivity contribution in [1.82, 2.24) is 4.90 Å². The fraction of sp³-hybridized carbons (Fsp3) is 0.207. The summed E-state index contributed by atoms with van der Waals surface area (Å²) in [6, 6.07) is 15.8. The van der Waals surface area contributed by atoms with Crippen molar-refractivity contribution in [2.24, 2.45) is 0 Å². The first kappa shape index (κ1) is 27.4. The third-order valence-corrected chi connectivity index (χ3v) is 7.26. The van der Waals surface area contributed by atoms with E-state index in [2.05, 4.69) is 5.32 Å². The number of anilines is 1. The zero-order chi connectivity index (χ0) is 28.2. The number of aryl methyl sites for hydroxylation is 1. The van der Waals surface area contributed by atoms with Gasteiger partial charge in [-0.1, -0.05) is 35.4 Å². The molecule has 0 radical (unpaired) electrons. The molecule has 0 unspecified atom stereocenters. The molecule has 0 saturated carbocycles. The van der Waals surface area contributed by atoms with Gasteiger partial charge in [0, 0.05) is 16.8 Å². The van der Waals surface area contributed by atoms with Crippen molar-refractivity contribution in [3.05, 3.63) is 81.2 Å². The van der Waals surface area contributed by atoms with Crippen LogP contribution in [0.15, 0.2) is 59.5 Å². The van der Waals surface area contributed by atoms with Crippen molar-refractivity contribution >= 4 is 52.2 Å². The Labute approximate surface area is 240 Å². The fourth-order valence-corrected chi connectivity index (χ4v) is 5.07. The zero-order valence-corrected chi connectivity index (χ0v) is 23.3. The maximum absolute atomic E-state index is 13.1. The molecule has 5 rings (SSSR count). The Morgan fingerprint density at radius 1 is 1.05 bits per heavy atom. The largest absolute Gasteiger partial charge is 0.490 e. The molecule has 0 aromatic heterocycles. The van der Waals surface area contributed by atoms with Crippen LogP contribution < -0.4 is 24.3 Å². The SMILES string of the molecule is CCOc1cc(/C=C2\SC(=O)N(Cc3cc4c(cc3Cl)OCO4)C2=O)ccc1OCC(=O)Nc1ccc(C)cc1. The molecule has 0 aliphatic carbocycles. The molecule has 1 saturated heterocycles. The summed E-state index contributed by atoms with van der Waals surface area (Å²) in [5.41, 5.74) is 2.97. The minimum atomic E-state index is -0.435. The van der Waals surface area contributed by atoms with Gasteiger partial charge in [-0.15, -0.1) is 0 Å². The molecule has 0 bridgehead atoms. The first-order chi connectivity index (χ1) is 19.3. The lowest BCUT2D eigenvalue weighted by molar-refractivity contribution is -0.123. The van der Waals surface area contributed by atoms with Gasteiger partial charge in [-0.2, -0.15) is 0 Å². The minimum absolute atomic E-state index is 0.000887. The monoisotopic (exact) mass is 580 g/mol. The van der Waals surface area contributed by atoms with E-state index < -0.39 is 11.1 Å². The number of hydrogen-bond acceptors (Lipinski definition) is 8. The summed E-state index contributed by atoms with van der Waals surface area (Å²) in [7, 11) is 0. The molecule has 2 heterocycles. The molecule has 2 aliphatic rings. The molecule has 3 aromatic rings. The average molecular weight is 581 g/mol. The lowest BCUT2D eigenvalue weighted by Gasteiger charge is -2.14. The molecule has 40 heavy (non-hydrogen) atoms. The Bertz CT molecular complexity index is 1510. The molecule has 1 fully saturated rings. The summed E-state index contributed by atoms with van der Waals surface area (Å²) in [4.78, 5) is 39.6. The second kappa shape index (κ2) is 11.9. The predicted molar refractivity (Wildman–Crippen MR) is 152 cm³/mol. The van der Waals surface area contributed by atoms with Gasteiger partial charge >= 0.3 is 0 Å². The second-order valence-electron chi connectivity index (χ2n) is 8.91. The van der Waals surface area contributed by atoms with Crippen LogP contribution in [0.3, 0.4) is 0 Å². The number of amides is 3. The van der Waals surface area contributed by atoms with Crippen molar-refractivity contribution in [2.45, 2.75) is 20.4 Å². The smallest absolute Gasteiger partial charge is 0.293 e. The molecular formula is C29H25ClN2O7S. The summed E-state index contributed by atoms with van der Waals surface area (Å²) in [5, 5.41) is 2.75. The molecule has 206 valence electrons. The van der Waals surface area contributed by atoms with Crippen molar-refractivity contribution in [3.63, 3.8) is 0 Å². The molecule has 2 aliphatic heterocycles. The van der Waals surface area contributed by atoms with Gasteiger partial charge in [0.25, 0.3) is 17.1 Å². The summed E-state index contributed by atoms with van der Waals surface area (Å²) < 4.78 is 22.1. The number of carbonyl (C=O) groups is 3. The Hall–Kier alpha value is -4.15. The third-order valence-electron chi connectivity index (χ3n) is 6.00. The van der Waals surface area contributed by atoms with Gasteiger partial charge in [-0.05, 0) is 73.1 Å². The van der Waals surface area contributed by atoms with Crippen LogP contribution in [0, 0.1) is 6.92 Å². The van der Waals surface area contributed by atoms with Crippen LogP contribution >= 0.6 is 23.4 Å². The van der Waals surface area contributed by atoms with Crippen LogP contribution in [0.25, 0.3) is 6.08 Å². The van der Waals surface area contributed by atoms with Crippen molar-refractivity contribution in [3.8, 4) is 23.0 Å². The fourth-order valence-electron chi connectivity index (χ4n) is 4.02. The molecule has 11 heteroatoms. The van der Waals surface area contributed by atoms with E-state index in [1.165, 1.54) is 0 Å². The van der Waals surface area contributed by atoms with Crippen LogP contribution in [-0.2, 0) is 16.1 Å². The van der Waals surface area contributed by atoms with Crippen LogP contribution in [-0.4, -0.2) is 42.0 Å². The maximum atomic E-state index is 13.1. The molecule has 9 nitrogen and oxygen atoms in total. The number of thioether (sulfide) groups is 1. The number of nitrogens with one attached hydrogen (secondary N) is 1. The highest BCUT2D eigenvalue weighted by Crippen LogP contribution is 2.40. The van der Waals surface area contributed by atoms with Crippen molar-refractivity contribution in [1.29, 1.82) is 0 Å². The molecule has 0 atom stereocenters. The molecule has 1 N–H and O–H groups in total. The predicted octanol–water partition coefficient (Wildman–Crippen LogP) is 6.03. The van der Waals surface area contributed by atoms with Crippen LogP contribution in [0.2, 0.25) is 5.02 Å². The third kappa shape index (κ3) is 6.19. The van der Waals surface area contributed by atoms with Gasteiger partial charge in [-0.25, -0.2) is 0 Å². The lowest BCUT2D eigenvalue weighted by Crippen LogP contribution is -2.27. The molecular weight excluding hydrogens is 556 g/mol. The molecule has 3 aromatic carbocycles. The standard InChI is InChI=1S/C29H25ClN2O7S/c1-3-36-23-10-18(6-9-22(23)37-15-27(33)31-20-7-4-17(2)5-8-20)11-26-28(34)32(29(35)40-26)14-19-12-24-25(13-21(19)30)39-16-38-24/h4-13H,3,14-16H2,1-2H3,(H,31,33)/b26-11-. The first-order valence-electron chi connectivity index (χ1n) is 12.4. The van der Waals surface area contributed by atoms with Gasteiger partial charge in [-0.3, -0.25) is 19.3 Å². The highest BCUT2D eigenvalue weighted by Gasteiger charge is 2.35. The Kier molecular flexibility index (Phi) is 8.18. The first-order valence-corrected chi connectivity index (χ1v) is 13.6. The normalized spacial score (nSPS) is 15.1. The number of halogens is 1. The zero-order valence-electron chi connectivity index (χ0n) is 21.7. The molecule has 3 amide bonds. The summed E-state index contributed by atoms with van der Waals surface area (Å²) >= 11 is 7.19. The summed E-state index contributed by atoms with van der Waals surface area (Å²) in [5.74, 6) is 1.07. The van der Waals surface area contributed by atoms with E-state index in [1.807, 2.05) is 38.1 Å². The number of carbonyl (C=O) groups excluding carboxylic acids is 3. The number of rotatable bonds is 9. The van der Waals surface area contributed by atoms with Gasteiger partial charge in [0.15, 0.2) is 29.6 Å². The van der Waals surface area contributed by atoms with Gasteiger partial charge in [0.05, 0.1) is 18.1 Å². The number of ether oxygens (including phenoxy) is 4. The van der Waals surface area contributed by atoms with Gasteiger partial charge in [0.2, 0.25) is 6.79 Å². The molecule has 0 spiro atoms. The highest BCUT2D eigenvalue weighted by atomic mass is 35.5. The van der Waals surface area contributed by atoms with Crippen molar-refractivity contribution in [2.75, 3.05) is 25.3 Å². The number of fused-ring (bicyclic) bond motifs is 1.